The minimum Gasteiger partial charge on any atom is -0.314 e. The van der Waals surface area contributed by atoms with E-state index in [2.05, 4.69) is 33.8 Å². The molecule has 5 nitrogen and oxygen atoms in total. The molecule has 2 fully saturated rings. The van der Waals surface area contributed by atoms with Gasteiger partial charge >= 0.3 is 0 Å². The molecule has 0 atom stereocenters. The third kappa shape index (κ3) is 3.11. The van der Waals surface area contributed by atoms with Gasteiger partial charge in [-0.15, -0.1) is 0 Å². The van der Waals surface area contributed by atoms with Crippen LogP contribution in [0.25, 0.3) is 0 Å². The van der Waals surface area contributed by atoms with Crippen molar-refractivity contribution in [3.05, 3.63) is 29.8 Å². The third-order valence-electron chi connectivity index (χ3n) is 4.01. The third-order valence-corrected chi connectivity index (χ3v) is 4.01. The first-order valence-corrected chi connectivity index (χ1v) is 7.41. The van der Waals surface area contributed by atoms with Crippen LogP contribution in [0.4, 0.5) is 5.69 Å². The predicted molar refractivity (Wildman–Crippen MR) is 79.6 cm³/mol. The Morgan fingerprint density at radius 1 is 1.10 bits per heavy atom. The van der Waals surface area contributed by atoms with Crippen LogP contribution in [-0.4, -0.2) is 50.1 Å². The number of nitrogens with zero attached hydrogens (tertiary/aromatic N) is 2. The van der Waals surface area contributed by atoms with Gasteiger partial charge in [0.1, 0.15) is 0 Å². The molecule has 2 saturated heterocycles. The number of benzene rings is 1. The van der Waals surface area contributed by atoms with Crippen LogP contribution in [0, 0.1) is 0 Å². The highest BCUT2D eigenvalue weighted by atomic mass is 16.2. The molecule has 0 unspecified atom stereocenters. The van der Waals surface area contributed by atoms with Gasteiger partial charge in [0.2, 0.25) is 5.91 Å². The molecular weight excluding hydrogens is 252 g/mol. The highest BCUT2D eigenvalue weighted by Gasteiger charge is 2.20. The number of hydrogen-bond acceptors (Lipinski definition) is 4. The maximum Gasteiger partial charge on any atom is 0.240 e. The average Bonchev–Trinajstić information content (AvgIpc) is 2.93. The molecule has 2 heterocycles. The van der Waals surface area contributed by atoms with E-state index in [-0.39, 0.29) is 5.91 Å². The van der Waals surface area contributed by atoms with Gasteiger partial charge < -0.3 is 10.2 Å². The van der Waals surface area contributed by atoms with Crippen molar-refractivity contribution in [1.82, 2.24) is 15.6 Å². The Bertz CT molecular complexity index is 471. The maximum absolute atomic E-state index is 11.4. The smallest absolute Gasteiger partial charge is 0.240 e. The zero-order chi connectivity index (χ0) is 13.8. The molecule has 0 spiro atoms. The minimum atomic E-state index is 0.113. The van der Waals surface area contributed by atoms with Crippen LogP contribution in [0.5, 0.6) is 0 Å². The minimum absolute atomic E-state index is 0.113. The number of carbonyl (C=O) groups is 1. The number of amides is 1. The van der Waals surface area contributed by atoms with Crippen LogP contribution in [-0.2, 0) is 11.2 Å². The van der Waals surface area contributed by atoms with Crippen molar-refractivity contribution in [1.29, 1.82) is 0 Å². The van der Waals surface area contributed by atoms with E-state index < -0.39 is 0 Å². The van der Waals surface area contributed by atoms with Crippen molar-refractivity contribution >= 4 is 11.6 Å². The van der Waals surface area contributed by atoms with Gasteiger partial charge in [-0.2, -0.15) is 0 Å². The summed E-state index contributed by atoms with van der Waals surface area (Å²) in [4.78, 5) is 13.9. The molecule has 0 radical (unpaired) electrons. The Labute approximate surface area is 119 Å². The van der Waals surface area contributed by atoms with Crippen molar-refractivity contribution in [3.8, 4) is 0 Å². The number of carbonyl (C=O) groups excluding carboxylic acids is 1. The monoisotopic (exact) mass is 274 g/mol. The van der Waals surface area contributed by atoms with E-state index in [1.165, 1.54) is 5.56 Å². The number of nitrogens with one attached hydrogen (secondary N) is 2. The summed E-state index contributed by atoms with van der Waals surface area (Å²) in [6, 6.07) is 8.38. The number of piperazine rings is 1. The van der Waals surface area contributed by atoms with Crippen LogP contribution in [0.3, 0.4) is 0 Å². The van der Waals surface area contributed by atoms with Crippen molar-refractivity contribution in [2.45, 2.75) is 12.8 Å². The first-order valence-electron chi connectivity index (χ1n) is 7.41. The number of anilines is 1. The second-order valence-corrected chi connectivity index (χ2v) is 5.41. The van der Waals surface area contributed by atoms with Gasteiger partial charge in [0.05, 0.1) is 5.69 Å². The van der Waals surface area contributed by atoms with Crippen LogP contribution < -0.4 is 15.8 Å². The second kappa shape index (κ2) is 6.24. The van der Waals surface area contributed by atoms with E-state index in [0.717, 1.165) is 51.4 Å². The average molecular weight is 274 g/mol. The predicted octanol–water partition coefficient (Wildman–Crippen LogP) is 0.376. The molecule has 0 saturated carbocycles. The molecular formula is C15H22N4O. The second-order valence-electron chi connectivity index (χ2n) is 5.41. The lowest BCUT2D eigenvalue weighted by Gasteiger charge is -2.28. The number of hydrazine groups is 1. The highest BCUT2D eigenvalue weighted by Crippen LogP contribution is 2.22. The van der Waals surface area contributed by atoms with Gasteiger partial charge in [0.15, 0.2) is 0 Å². The van der Waals surface area contributed by atoms with Gasteiger partial charge in [-0.25, -0.2) is 0 Å². The van der Waals surface area contributed by atoms with Gasteiger partial charge in [0.25, 0.3) is 0 Å². The Kier molecular flexibility index (Phi) is 4.18. The molecule has 1 aromatic rings. The number of hydrogen-bond donors (Lipinski definition) is 2. The molecule has 1 amide bonds. The summed E-state index contributed by atoms with van der Waals surface area (Å²) < 4.78 is 0. The highest BCUT2D eigenvalue weighted by molar-refractivity contribution is 5.81. The lowest BCUT2D eigenvalue weighted by atomic mass is 10.1. The molecule has 0 bridgehead atoms. The zero-order valence-corrected chi connectivity index (χ0v) is 11.8. The van der Waals surface area contributed by atoms with Crippen LogP contribution in [0.1, 0.15) is 12.0 Å². The van der Waals surface area contributed by atoms with E-state index in [0.29, 0.717) is 6.42 Å². The number of rotatable bonds is 4. The first kappa shape index (κ1) is 13.4. The van der Waals surface area contributed by atoms with Crippen LogP contribution >= 0.6 is 0 Å². The fourth-order valence-electron chi connectivity index (χ4n) is 2.86. The summed E-state index contributed by atoms with van der Waals surface area (Å²) in [5.74, 6) is 0.113. The number of para-hydroxylation sites is 1. The Morgan fingerprint density at radius 3 is 2.65 bits per heavy atom. The lowest BCUT2D eigenvalue weighted by molar-refractivity contribution is -0.119. The largest absolute Gasteiger partial charge is 0.314 e. The lowest BCUT2D eigenvalue weighted by Crippen LogP contribution is -2.44. The van der Waals surface area contributed by atoms with E-state index in [4.69, 9.17) is 0 Å². The van der Waals surface area contributed by atoms with E-state index in [1.54, 1.807) is 0 Å². The summed E-state index contributed by atoms with van der Waals surface area (Å²) in [6.45, 7) is 6.28. The Hall–Kier alpha value is -1.59. The normalized spacial score (nSPS) is 20.2. The van der Waals surface area contributed by atoms with Crippen molar-refractivity contribution in [2.75, 3.05) is 44.3 Å². The first-order chi connectivity index (χ1) is 9.83. The topological polar surface area (TPSA) is 47.6 Å². The molecule has 2 N–H and O–H groups in total. The van der Waals surface area contributed by atoms with Crippen LogP contribution in [0.15, 0.2) is 24.3 Å². The molecule has 1 aromatic carbocycles. The molecule has 108 valence electrons. The van der Waals surface area contributed by atoms with E-state index in [1.807, 2.05) is 11.1 Å². The van der Waals surface area contributed by atoms with Gasteiger partial charge in [0, 0.05) is 45.7 Å². The fourth-order valence-corrected chi connectivity index (χ4v) is 2.86. The SMILES string of the molecule is O=C1CCN(c2ccccc2CCN2CCNCC2)N1. The Balaban J connectivity index is 1.64. The summed E-state index contributed by atoms with van der Waals surface area (Å²) >= 11 is 0. The fraction of sp³-hybridized carbons (Fsp3) is 0.533. The van der Waals surface area contributed by atoms with Gasteiger partial charge in [-0.1, -0.05) is 18.2 Å². The molecule has 3 rings (SSSR count). The molecule has 2 aliphatic rings. The zero-order valence-electron chi connectivity index (χ0n) is 11.8. The molecule has 0 aromatic heterocycles. The Morgan fingerprint density at radius 2 is 1.90 bits per heavy atom. The molecule has 5 heteroatoms. The standard InChI is InChI=1S/C15H22N4O/c20-15-6-10-19(17-15)14-4-2-1-3-13(14)5-9-18-11-7-16-8-12-18/h1-4,16H,5-12H2,(H,17,20). The quantitative estimate of drug-likeness (QED) is 0.833. The summed E-state index contributed by atoms with van der Waals surface area (Å²) in [5, 5.41) is 5.36. The van der Waals surface area contributed by atoms with Crippen molar-refractivity contribution in [3.63, 3.8) is 0 Å². The van der Waals surface area contributed by atoms with Crippen molar-refractivity contribution < 1.29 is 4.79 Å². The molecule has 2 aliphatic heterocycles. The van der Waals surface area contributed by atoms with E-state index in [9.17, 15) is 4.79 Å². The summed E-state index contributed by atoms with van der Waals surface area (Å²) in [6.07, 6.45) is 1.62. The van der Waals surface area contributed by atoms with Crippen LogP contribution in [0.2, 0.25) is 0 Å². The maximum atomic E-state index is 11.4. The van der Waals surface area contributed by atoms with Crippen molar-refractivity contribution in [2.24, 2.45) is 0 Å². The summed E-state index contributed by atoms with van der Waals surface area (Å²) in [5.41, 5.74) is 5.38. The summed E-state index contributed by atoms with van der Waals surface area (Å²) in [7, 11) is 0. The van der Waals surface area contributed by atoms with Gasteiger partial charge in [-0.3, -0.25) is 15.2 Å². The van der Waals surface area contributed by atoms with Gasteiger partial charge in [-0.05, 0) is 18.1 Å². The molecule has 20 heavy (non-hydrogen) atoms. The molecule has 0 aliphatic carbocycles. The van der Waals surface area contributed by atoms with E-state index >= 15 is 0 Å².